The molecule has 1 rings (SSSR count). The van der Waals surface area contributed by atoms with Gasteiger partial charge in [-0.2, -0.15) is 0 Å². The summed E-state index contributed by atoms with van der Waals surface area (Å²) in [5, 5.41) is 2.25. The van der Waals surface area contributed by atoms with Crippen LogP contribution in [0.15, 0.2) is 24.3 Å². The Morgan fingerprint density at radius 1 is 1.40 bits per heavy atom. The second kappa shape index (κ2) is 7.93. The Balaban J connectivity index is 0.00000361. The monoisotopic (exact) mass is 314 g/mol. The number of ether oxygens (including phenoxy) is 2. The molecule has 0 bridgehead atoms. The van der Waals surface area contributed by atoms with Gasteiger partial charge in [0.15, 0.2) is 5.75 Å². The summed E-state index contributed by atoms with van der Waals surface area (Å²) in [7, 11) is 1.36. The van der Waals surface area contributed by atoms with Gasteiger partial charge in [-0.15, -0.1) is 25.6 Å². The molecule has 1 amide bonds. The zero-order chi connectivity index (χ0) is 14.5. The Morgan fingerprint density at radius 3 is 2.55 bits per heavy atom. The molecule has 0 aliphatic carbocycles. The number of carbonyl (C=O) groups is 1. The fourth-order valence-corrected chi connectivity index (χ4v) is 1.26. The van der Waals surface area contributed by atoms with Gasteiger partial charge in [0.1, 0.15) is 6.04 Å². The van der Waals surface area contributed by atoms with Crippen LogP contribution in [0.3, 0.4) is 0 Å². The molecule has 0 radical (unpaired) electrons. The molecule has 0 spiro atoms. The Bertz CT molecular complexity index is 443. The number of amides is 1. The molecule has 0 fully saturated rings. The molecule has 1 aromatic carbocycles. The van der Waals surface area contributed by atoms with E-state index in [2.05, 4.69) is 14.8 Å². The molecule has 0 saturated carbocycles. The number of alkyl halides is 3. The Morgan fingerprint density at radius 2 is 2.00 bits per heavy atom. The molecular formula is C11H14ClF3N2O3. The topological polar surface area (TPSA) is 73.6 Å². The normalized spacial score (nSPS) is 12.2. The van der Waals surface area contributed by atoms with Crippen molar-refractivity contribution >= 4 is 24.0 Å². The molecule has 0 heterocycles. The number of carbonyl (C=O) groups excluding carboxylic acids is 1. The molecule has 0 saturated heterocycles. The molecule has 5 nitrogen and oxygen atoms in total. The number of nitrogens with two attached hydrogens (primary N) is 1. The smallest absolute Gasteiger partial charge is 0.404 e. The number of hydrogen-bond acceptors (Lipinski definition) is 4. The van der Waals surface area contributed by atoms with E-state index < -0.39 is 24.1 Å². The third kappa shape index (κ3) is 6.09. The van der Waals surface area contributed by atoms with Gasteiger partial charge in [-0.1, -0.05) is 12.1 Å². The first-order valence-corrected chi connectivity index (χ1v) is 5.23. The van der Waals surface area contributed by atoms with Gasteiger partial charge in [-0.25, -0.2) is 0 Å². The minimum atomic E-state index is -4.84. The molecule has 0 aromatic heterocycles. The average molecular weight is 315 g/mol. The summed E-state index contributed by atoms with van der Waals surface area (Å²) in [6.45, 7) is -0.0475. The van der Waals surface area contributed by atoms with E-state index in [1.54, 1.807) is 0 Å². The first-order chi connectivity index (χ1) is 8.83. The zero-order valence-corrected chi connectivity index (χ0v) is 11.3. The van der Waals surface area contributed by atoms with Gasteiger partial charge in [-0.3, -0.25) is 4.79 Å². The van der Waals surface area contributed by atoms with Crippen molar-refractivity contribution in [2.45, 2.75) is 12.4 Å². The summed E-state index contributed by atoms with van der Waals surface area (Å²) in [5.41, 5.74) is 5.34. The number of para-hydroxylation sites is 2. The van der Waals surface area contributed by atoms with Gasteiger partial charge >= 0.3 is 6.36 Å². The maximum Gasteiger partial charge on any atom is 0.573 e. The first-order valence-electron chi connectivity index (χ1n) is 5.23. The van der Waals surface area contributed by atoms with Gasteiger partial charge < -0.3 is 20.5 Å². The molecule has 1 aromatic rings. The molecule has 0 aliphatic rings. The lowest BCUT2D eigenvalue weighted by Crippen LogP contribution is -2.39. The Hall–Kier alpha value is -1.51. The summed E-state index contributed by atoms with van der Waals surface area (Å²) in [6.07, 6.45) is -4.84. The van der Waals surface area contributed by atoms with Crippen molar-refractivity contribution < 1.29 is 27.4 Å². The highest BCUT2D eigenvalue weighted by atomic mass is 35.5. The van der Waals surface area contributed by atoms with Crippen LogP contribution in [0.4, 0.5) is 18.9 Å². The van der Waals surface area contributed by atoms with E-state index >= 15 is 0 Å². The van der Waals surface area contributed by atoms with Crippen molar-refractivity contribution in [1.29, 1.82) is 0 Å². The minimum Gasteiger partial charge on any atom is -0.404 e. The predicted octanol–water partition coefficient (Wildman–Crippen LogP) is 1.92. The molecule has 0 aliphatic heterocycles. The lowest BCUT2D eigenvalue weighted by Gasteiger charge is -2.15. The van der Waals surface area contributed by atoms with Crippen LogP contribution in [-0.4, -0.2) is 32.0 Å². The summed E-state index contributed by atoms with van der Waals surface area (Å²) in [5.74, 6) is -1.17. The fraction of sp³-hybridized carbons (Fsp3) is 0.364. The van der Waals surface area contributed by atoms with Gasteiger partial charge in [0.2, 0.25) is 5.91 Å². The fourth-order valence-electron chi connectivity index (χ4n) is 1.26. The average Bonchev–Trinajstić information content (AvgIpc) is 2.30. The van der Waals surface area contributed by atoms with E-state index in [0.717, 1.165) is 6.07 Å². The van der Waals surface area contributed by atoms with Crippen molar-refractivity contribution in [2.24, 2.45) is 5.73 Å². The standard InChI is InChI=1S/C11H13F3N2O3.ClH/c1-18-6-7(15)10(17)16-8-4-2-3-5-9(8)19-11(12,13)14;/h2-5,7H,6,15H2,1H3,(H,16,17);1H. The molecule has 9 heteroatoms. The summed E-state index contributed by atoms with van der Waals surface area (Å²) >= 11 is 0. The van der Waals surface area contributed by atoms with Crippen LogP contribution in [0.1, 0.15) is 0 Å². The van der Waals surface area contributed by atoms with E-state index in [4.69, 9.17) is 5.73 Å². The van der Waals surface area contributed by atoms with Gasteiger partial charge in [-0.05, 0) is 12.1 Å². The van der Waals surface area contributed by atoms with Crippen LogP contribution in [0.2, 0.25) is 0 Å². The van der Waals surface area contributed by atoms with E-state index in [1.165, 1.54) is 25.3 Å². The summed E-state index contributed by atoms with van der Waals surface area (Å²) < 4.78 is 44.9. The number of methoxy groups -OCH3 is 1. The number of benzene rings is 1. The SMILES string of the molecule is COCC(N)C(=O)Nc1ccccc1OC(F)(F)F.Cl. The van der Waals surface area contributed by atoms with Crippen molar-refractivity contribution in [3.05, 3.63) is 24.3 Å². The maximum atomic E-state index is 12.2. The quantitative estimate of drug-likeness (QED) is 0.871. The molecule has 20 heavy (non-hydrogen) atoms. The molecule has 1 unspecified atom stereocenters. The number of anilines is 1. The van der Waals surface area contributed by atoms with Crippen molar-refractivity contribution in [1.82, 2.24) is 0 Å². The largest absolute Gasteiger partial charge is 0.573 e. The Labute approximate surface area is 119 Å². The van der Waals surface area contributed by atoms with Crippen LogP contribution in [0.25, 0.3) is 0 Å². The zero-order valence-electron chi connectivity index (χ0n) is 10.4. The van der Waals surface area contributed by atoms with Gasteiger partial charge in [0, 0.05) is 7.11 Å². The van der Waals surface area contributed by atoms with Crippen molar-refractivity contribution in [3.63, 3.8) is 0 Å². The lowest BCUT2D eigenvalue weighted by atomic mass is 10.2. The molecule has 3 N–H and O–H groups in total. The molecule has 114 valence electrons. The van der Waals surface area contributed by atoms with Crippen LogP contribution in [-0.2, 0) is 9.53 Å². The summed E-state index contributed by atoms with van der Waals surface area (Å²) in [6, 6.07) is 4.19. The number of nitrogens with one attached hydrogen (secondary N) is 1. The Kier molecular flexibility index (Phi) is 7.33. The minimum absolute atomic E-state index is 0. The van der Waals surface area contributed by atoms with Crippen LogP contribution >= 0.6 is 12.4 Å². The molecular weight excluding hydrogens is 301 g/mol. The highest BCUT2D eigenvalue weighted by Crippen LogP contribution is 2.29. The third-order valence-corrected chi connectivity index (χ3v) is 2.05. The maximum absolute atomic E-state index is 12.2. The first kappa shape index (κ1) is 18.5. The second-order valence-electron chi connectivity index (χ2n) is 3.60. The highest BCUT2D eigenvalue weighted by molar-refractivity contribution is 5.96. The van der Waals surface area contributed by atoms with E-state index in [0.29, 0.717) is 0 Å². The van der Waals surface area contributed by atoms with Gasteiger partial charge in [0.25, 0.3) is 0 Å². The van der Waals surface area contributed by atoms with E-state index in [-0.39, 0.29) is 24.7 Å². The second-order valence-corrected chi connectivity index (χ2v) is 3.60. The predicted molar refractivity (Wildman–Crippen MR) is 68.9 cm³/mol. The number of halogens is 4. The number of hydrogen-bond donors (Lipinski definition) is 2. The number of rotatable bonds is 5. The van der Waals surface area contributed by atoms with E-state index in [9.17, 15) is 18.0 Å². The third-order valence-electron chi connectivity index (χ3n) is 2.05. The van der Waals surface area contributed by atoms with Gasteiger partial charge in [0.05, 0.1) is 12.3 Å². The van der Waals surface area contributed by atoms with Crippen LogP contribution < -0.4 is 15.8 Å². The molecule has 1 atom stereocenters. The lowest BCUT2D eigenvalue weighted by molar-refractivity contribution is -0.274. The highest BCUT2D eigenvalue weighted by Gasteiger charge is 2.32. The van der Waals surface area contributed by atoms with Crippen molar-refractivity contribution in [3.8, 4) is 5.75 Å². The summed E-state index contributed by atoms with van der Waals surface area (Å²) in [4.78, 5) is 11.6. The van der Waals surface area contributed by atoms with Crippen molar-refractivity contribution in [2.75, 3.05) is 19.0 Å². The van der Waals surface area contributed by atoms with Crippen LogP contribution in [0, 0.1) is 0 Å². The van der Waals surface area contributed by atoms with E-state index in [1.807, 2.05) is 0 Å². The van der Waals surface area contributed by atoms with Crippen LogP contribution in [0.5, 0.6) is 5.75 Å².